The van der Waals surface area contributed by atoms with Crippen LogP contribution in [-0.4, -0.2) is 172 Å². The molecule has 0 aliphatic carbocycles. The third kappa shape index (κ3) is 24.5. The predicted octanol–water partition coefficient (Wildman–Crippen LogP) is 18.3. The Morgan fingerprint density at radius 2 is 0.647 bits per heavy atom. The van der Waals surface area contributed by atoms with Crippen molar-refractivity contribution in [3.05, 3.63) is 269 Å². The molecule has 2 saturated heterocycles. The van der Waals surface area contributed by atoms with E-state index < -0.39 is 56.8 Å². The summed E-state index contributed by atoms with van der Waals surface area (Å²) in [5.74, 6) is 6.38. The zero-order chi connectivity index (χ0) is 94.1. The van der Waals surface area contributed by atoms with Crippen LogP contribution in [0, 0.1) is 0 Å². The minimum atomic E-state index is -4.44. The fraction of sp³-hybridized carbons (Fsp3) is 0.326. The van der Waals surface area contributed by atoms with Gasteiger partial charge in [-0.15, -0.1) is 0 Å². The average molecular weight is 1940 g/mol. The Hall–Kier alpha value is -12.1. The largest absolute Gasteiger partial charge is 0.416 e. The first kappa shape index (κ1) is 95.6. The molecule has 0 spiro atoms. The second-order valence-electron chi connectivity index (χ2n) is 31.8. The summed E-state index contributed by atoms with van der Waals surface area (Å²) >= 11 is 25.4. The number of fused-ring (bicyclic) bond motifs is 4. The van der Waals surface area contributed by atoms with Crippen LogP contribution in [-0.2, 0) is 103 Å². The van der Waals surface area contributed by atoms with E-state index in [0.29, 0.717) is 224 Å². The lowest BCUT2D eigenvalue weighted by molar-refractivity contribution is -0.138. The van der Waals surface area contributed by atoms with E-state index in [1.807, 2.05) is 30.0 Å². The summed E-state index contributed by atoms with van der Waals surface area (Å²) in [6.45, 7) is 10.6. The summed E-state index contributed by atoms with van der Waals surface area (Å²) in [6, 6.07) is 33.6. The van der Waals surface area contributed by atoms with Crippen molar-refractivity contribution in [2.24, 2.45) is 0 Å². The van der Waals surface area contributed by atoms with Gasteiger partial charge in [0, 0.05) is 141 Å². The SMILES string of the molecule is CN(C)Cc1nc2c(c(Nc3ccc(C(F)(F)F)cc3)n1)CCN(c1ncccc1Cl)C2.CS(=O)(=O)Cc1nc2c(c(Nc3ccc(C(F)(F)F)cc3)n1)CCN(c1ncccc1Cl)C2.FC(F)(F)c1ccc(Nc2nc(N3CCNCC3)nc3c2CCN(c2ncccc2Cl)C3)cc1.FC(F)(F)c1ccc(Nc2nc(N3CCOCC3)nc3c2CCN(c2ncccc2Cl)C3)cc1. The Balaban J connectivity index is 0.000000135. The fourth-order valence-electron chi connectivity index (χ4n) is 15.5. The maximum Gasteiger partial charge on any atom is 0.416 e. The molecule has 0 amide bonds. The zero-order valence-corrected chi connectivity index (χ0v) is 75.2. The number of ether oxygens (including phenoxy) is 1. The molecule has 27 nitrogen and oxygen atoms in total. The Bertz CT molecular complexity index is 6030. The topological polar surface area (TPSA) is 281 Å². The highest BCUT2D eigenvalue weighted by Crippen LogP contribution is 2.42. The first-order chi connectivity index (χ1) is 63.5. The number of nitrogens with one attached hydrogen (secondary N) is 5. The van der Waals surface area contributed by atoms with Crippen LogP contribution in [0.25, 0.3) is 0 Å². The zero-order valence-electron chi connectivity index (χ0n) is 71.4. The monoisotopic (exact) mass is 1940 g/mol. The van der Waals surface area contributed by atoms with Crippen molar-refractivity contribution >= 4 is 137 Å². The number of piperazine rings is 1. The molecular formula is C89H86Cl4F12N24O3S. The quantitative estimate of drug-likeness (QED) is 0.0499. The fourth-order valence-corrected chi connectivity index (χ4v) is 17.0. The van der Waals surface area contributed by atoms with Gasteiger partial charge in [-0.3, -0.25) is 0 Å². The van der Waals surface area contributed by atoms with Crippen molar-refractivity contribution in [2.75, 3.05) is 150 Å². The van der Waals surface area contributed by atoms with E-state index in [4.69, 9.17) is 76.1 Å². The van der Waals surface area contributed by atoms with Crippen LogP contribution in [0.3, 0.4) is 0 Å². The van der Waals surface area contributed by atoms with Gasteiger partial charge in [-0.2, -0.15) is 62.7 Å². The Kier molecular flexibility index (Phi) is 29.6. The highest BCUT2D eigenvalue weighted by molar-refractivity contribution is 7.89. The molecule has 4 aromatic carbocycles. The summed E-state index contributed by atoms with van der Waals surface area (Å²) in [6.07, 6.45) is -7.32. The van der Waals surface area contributed by atoms with Crippen molar-refractivity contribution < 1.29 is 65.8 Å². The molecular weight excluding hydrogens is 1850 g/mol. The van der Waals surface area contributed by atoms with E-state index in [2.05, 4.69) is 86.0 Å². The number of hydrogen-bond donors (Lipinski definition) is 5. The number of sulfone groups is 1. The lowest BCUT2D eigenvalue weighted by atomic mass is 10.0. The molecule has 0 saturated carbocycles. The summed E-state index contributed by atoms with van der Waals surface area (Å²) in [5, 5.41) is 18.2. The van der Waals surface area contributed by atoms with Gasteiger partial charge in [0.05, 0.1) is 111 Å². The maximum absolute atomic E-state index is 13.0. The van der Waals surface area contributed by atoms with Crippen LogP contribution >= 0.6 is 46.4 Å². The highest BCUT2D eigenvalue weighted by atomic mass is 35.5. The Labute approximate surface area is 776 Å². The number of aromatic nitrogens is 12. The van der Waals surface area contributed by atoms with Gasteiger partial charge in [-0.25, -0.2) is 58.3 Å². The average Bonchev–Trinajstić information content (AvgIpc) is 0.787. The van der Waals surface area contributed by atoms with Crippen LogP contribution in [0.2, 0.25) is 20.1 Å². The van der Waals surface area contributed by atoms with E-state index in [9.17, 15) is 61.1 Å². The summed E-state index contributed by atoms with van der Waals surface area (Å²) in [5.41, 5.74) is 5.86. The first-order valence-corrected chi connectivity index (χ1v) is 45.4. The minimum Gasteiger partial charge on any atom is -0.378 e. The number of pyridine rings is 4. The molecule has 6 aliphatic heterocycles. The molecule has 44 heteroatoms. The van der Waals surface area contributed by atoms with Crippen molar-refractivity contribution in [1.29, 1.82) is 0 Å². The molecule has 0 atom stereocenters. The van der Waals surface area contributed by atoms with Crippen LogP contribution in [0.15, 0.2) is 170 Å². The number of anilines is 14. The molecule has 8 aromatic heterocycles. The van der Waals surface area contributed by atoms with Crippen LogP contribution in [0.4, 0.5) is 134 Å². The van der Waals surface area contributed by atoms with Crippen LogP contribution in [0.1, 0.15) is 78.9 Å². The minimum absolute atomic E-state index is 0.0969. The number of morpholine rings is 1. The molecule has 5 N–H and O–H groups in total. The maximum atomic E-state index is 13.0. The smallest absolute Gasteiger partial charge is 0.378 e. The Morgan fingerprint density at radius 1 is 0.368 bits per heavy atom. The molecule has 14 heterocycles. The van der Waals surface area contributed by atoms with Crippen LogP contribution < -0.4 is 56.0 Å². The van der Waals surface area contributed by atoms with Gasteiger partial charge in [0.2, 0.25) is 11.9 Å². The molecule has 18 rings (SSSR count). The van der Waals surface area contributed by atoms with Gasteiger partial charge in [0.1, 0.15) is 63.9 Å². The van der Waals surface area contributed by atoms with Gasteiger partial charge in [-0.1, -0.05) is 46.4 Å². The van der Waals surface area contributed by atoms with Crippen molar-refractivity contribution in [2.45, 2.75) is 88.9 Å². The second kappa shape index (κ2) is 41.2. The van der Waals surface area contributed by atoms with Gasteiger partial charge in [0.25, 0.3) is 0 Å². The summed E-state index contributed by atoms with van der Waals surface area (Å²) in [4.78, 5) is 69.4. The molecule has 6 aliphatic rings. The molecule has 12 aromatic rings. The lowest BCUT2D eigenvalue weighted by Gasteiger charge is -2.33. The van der Waals surface area contributed by atoms with Crippen molar-refractivity contribution in [3.63, 3.8) is 0 Å². The molecule has 0 bridgehead atoms. The van der Waals surface area contributed by atoms with E-state index >= 15 is 0 Å². The summed E-state index contributed by atoms with van der Waals surface area (Å²) in [7, 11) is 0.432. The van der Waals surface area contributed by atoms with Crippen LogP contribution in [0.5, 0.6) is 0 Å². The normalized spacial score (nSPS) is 15.2. The van der Waals surface area contributed by atoms with Gasteiger partial charge >= 0.3 is 24.7 Å². The molecule has 2 fully saturated rings. The number of hydrogen-bond acceptors (Lipinski definition) is 27. The number of benzene rings is 4. The number of alkyl halides is 12. The third-order valence-electron chi connectivity index (χ3n) is 21.9. The number of rotatable bonds is 18. The molecule has 133 heavy (non-hydrogen) atoms. The molecule has 0 radical (unpaired) electrons. The first-order valence-electron chi connectivity index (χ1n) is 41.8. The standard InChI is InChI=1S/C23H23ClF3N7.C23H22ClF3N6O.C22H22ClF3N6.C21H19ClF3N5O2S/c24-18-2-1-8-29-21(18)34-11-7-17-19(14-34)31-22(33-12-9-28-10-13-33)32-20(17)30-16-5-3-15(4-6-16)23(25,26)27;24-18-2-1-8-28-21(18)33-9-7-17-19(14-33)30-22(32-10-12-34-13-11-32)31-20(17)29-16-5-3-15(4-6-16)23(25,26)27;1-31(2)13-19-29-18-12-32(21-17(23)4-3-10-27-21)11-9-16(18)20(30-19)28-15-7-5-14(6-8-15)22(24,25)26;1-33(31,32)12-18-28-17-11-30(20-16(22)3-2-9-26-20)10-8-15(17)19(29-18)27-14-6-4-13(5-7-14)21(23,24)25/h1-6,8,28H,7,9-14H2,(H,30,31,32);1-6,8H,7,9-14H2,(H,29,30,31);3-8,10H,9,11-13H2,1-2H3,(H,28,29,30);2-7,9H,8,10-12H2,1H3,(H,27,28,29). The van der Waals surface area contributed by atoms with Gasteiger partial charge in [-0.05, 0) is 185 Å². The lowest BCUT2D eigenvalue weighted by Crippen LogP contribution is -2.44. The van der Waals surface area contributed by atoms with E-state index in [1.54, 1.807) is 67.3 Å². The van der Waals surface area contributed by atoms with Gasteiger partial charge in [0.15, 0.2) is 9.84 Å². The Morgan fingerprint density at radius 3 is 0.932 bits per heavy atom. The van der Waals surface area contributed by atoms with E-state index in [-0.39, 0.29) is 11.6 Å². The summed E-state index contributed by atoms with van der Waals surface area (Å²) < 4.78 is 184. The highest BCUT2D eigenvalue weighted by Gasteiger charge is 2.37. The van der Waals surface area contributed by atoms with Crippen molar-refractivity contribution in [1.82, 2.24) is 70.0 Å². The van der Waals surface area contributed by atoms with E-state index in [0.717, 1.165) is 120 Å². The molecule has 0 unspecified atom stereocenters. The number of nitrogens with zero attached hydrogens (tertiary/aromatic N) is 19. The van der Waals surface area contributed by atoms with Crippen molar-refractivity contribution in [3.8, 4) is 0 Å². The number of halogens is 16. The molecule has 698 valence electrons. The third-order valence-corrected chi connectivity index (χ3v) is 23.9. The second-order valence-corrected chi connectivity index (χ2v) is 35.6. The van der Waals surface area contributed by atoms with Gasteiger partial charge < -0.3 is 65.6 Å². The predicted molar refractivity (Wildman–Crippen MR) is 487 cm³/mol. The van der Waals surface area contributed by atoms with E-state index in [1.165, 1.54) is 48.5 Å².